The highest BCUT2D eigenvalue weighted by atomic mass is 19.3. The van der Waals surface area contributed by atoms with Gasteiger partial charge in [-0.05, 0) is 74.2 Å². The van der Waals surface area contributed by atoms with Crippen LogP contribution in [0.25, 0.3) is 0 Å². The molecule has 0 aliphatic heterocycles. The van der Waals surface area contributed by atoms with Crippen molar-refractivity contribution in [3.8, 4) is 0 Å². The first-order valence-corrected chi connectivity index (χ1v) is 12.6. The van der Waals surface area contributed by atoms with Gasteiger partial charge in [-0.2, -0.15) is 17.6 Å². The highest BCUT2D eigenvalue weighted by Gasteiger charge is 2.59. The molecule has 0 saturated heterocycles. The van der Waals surface area contributed by atoms with Gasteiger partial charge < -0.3 is 4.74 Å². The van der Waals surface area contributed by atoms with E-state index in [1.165, 1.54) is 70.3 Å². The van der Waals surface area contributed by atoms with Crippen molar-refractivity contribution in [3.05, 3.63) is 23.8 Å². The van der Waals surface area contributed by atoms with Gasteiger partial charge in [0.2, 0.25) is 0 Å². The van der Waals surface area contributed by atoms with Gasteiger partial charge in [0.15, 0.2) is 6.67 Å². The summed E-state index contributed by atoms with van der Waals surface area (Å²) in [6.45, 7) is -0.186. The Hall–Kier alpha value is -0.910. The number of halogens is 5. The van der Waals surface area contributed by atoms with E-state index in [0.717, 1.165) is 36.2 Å². The van der Waals surface area contributed by atoms with Gasteiger partial charge >= 0.3 is 12.0 Å². The SMILES string of the molecule is CCCCCC1CCC(C2CCC(C3=CCC(OC(F)(F)C(F)(F)CF)C=C3)CC2)CC1. The van der Waals surface area contributed by atoms with Crippen molar-refractivity contribution in [2.75, 3.05) is 6.67 Å². The number of unbranched alkanes of at least 4 members (excludes halogenated alkanes) is 2. The molecule has 0 spiro atoms. The van der Waals surface area contributed by atoms with E-state index in [0.29, 0.717) is 5.92 Å². The Morgan fingerprint density at radius 3 is 2.06 bits per heavy atom. The third-order valence-corrected chi connectivity index (χ3v) is 8.00. The smallest absolute Gasteiger partial charge is 0.308 e. The Balaban J connectivity index is 1.40. The average molecular weight is 463 g/mol. The Bertz CT molecular complexity index is 628. The third kappa shape index (κ3) is 6.57. The normalized spacial score (nSPS) is 32.1. The molecule has 6 heteroatoms. The maximum absolute atomic E-state index is 13.5. The molecule has 3 aliphatic carbocycles. The molecule has 0 aromatic heterocycles. The Morgan fingerprint density at radius 2 is 1.53 bits per heavy atom. The number of hydrogen-bond acceptors (Lipinski definition) is 1. The Morgan fingerprint density at radius 1 is 0.906 bits per heavy atom. The summed E-state index contributed by atoms with van der Waals surface area (Å²) in [7, 11) is 0. The van der Waals surface area contributed by atoms with Gasteiger partial charge in [0, 0.05) is 0 Å². The van der Waals surface area contributed by atoms with Crippen molar-refractivity contribution < 1.29 is 26.7 Å². The molecule has 0 radical (unpaired) electrons. The van der Waals surface area contributed by atoms with E-state index in [1.807, 2.05) is 6.08 Å². The van der Waals surface area contributed by atoms with Crippen LogP contribution in [0.2, 0.25) is 0 Å². The van der Waals surface area contributed by atoms with Crippen molar-refractivity contribution in [2.45, 2.75) is 109 Å². The second-order valence-corrected chi connectivity index (χ2v) is 10.2. The monoisotopic (exact) mass is 462 g/mol. The predicted molar refractivity (Wildman–Crippen MR) is 118 cm³/mol. The van der Waals surface area contributed by atoms with E-state index in [4.69, 9.17) is 0 Å². The summed E-state index contributed by atoms with van der Waals surface area (Å²) in [5.41, 5.74) is 1.10. The van der Waals surface area contributed by atoms with Crippen LogP contribution >= 0.6 is 0 Å². The van der Waals surface area contributed by atoms with Crippen molar-refractivity contribution in [2.24, 2.45) is 23.7 Å². The summed E-state index contributed by atoms with van der Waals surface area (Å²) in [5, 5.41) is 0. The lowest BCUT2D eigenvalue weighted by molar-refractivity contribution is -0.358. The molecule has 3 rings (SSSR count). The molecule has 0 bridgehead atoms. The van der Waals surface area contributed by atoms with E-state index in [9.17, 15) is 22.0 Å². The highest BCUT2D eigenvalue weighted by Crippen LogP contribution is 2.44. The largest absolute Gasteiger partial charge is 0.422 e. The lowest BCUT2D eigenvalue weighted by atomic mass is 9.67. The van der Waals surface area contributed by atoms with E-state index >= 15 is 0 Å². The number of ether oxygens (including phenoxy) is 1. The lowest BCUT2D eigenvalue weighted by Crippen LogP contribution is -2.46. The van der Waals surface area contributed by atoms with E-state index < -0.39 is 24.8 Å². The van der Waals surface area contributed by atoms with Crippen LogP contribution in [0.15, 0.2) is 23.8 Å². The van der Waals surface area contributed by atoms with Crippen LogP contribution in [0.4, 0.5) is 22.0 Å². The Labute approximate surface area is 189 Å². The highest BCUT2D eigenvalue weighted by molar-refractivity contribution is 5.27. The van der Waals surface area contributed by atoms with Gasteiger partial charge in [0.25, 0.3) is 0 Å². The molecule has 2 saturated carbocycles. The van der Waals surface area contributed by atoms with Gasteiger partial charge in [-0.25, -0.2) is 4.39 Å². The van der Waals surface area contributed by atoms with Gasteiger partial charge in [-0.15, -0.1) is 0 Å². The minimum Gasteiger partial charge on any atom is -0.308 e. The Kier molecular flexibility index (Phi) is 9.23. The molecule has 32 heavy (non-hydrogen) atoms. The number of allylic oxidation sites excluding steroid dienone is 2. The number of hydrogen-bond donors (Lipinski definition) is 0. The fourth-order valence-electron chi connectivity index (χ4n) is 5.92. The van der Waals surface area contributed by atoms with Crippen LogP contribution < -0.4 is 0 Å². The molecular weight excluding hydrogens is 423 g/mol. The molecule has 1 unspecified atom stereocenters. The van der Waals surface area contributed by atoms with Crippen LogP contribution in [-0.4, -0.2) is 24.8 Å². The zero-order valence-corrected chi connectivity index (χ0v) is 19.3. The minimum atomic E-state index is -4.81. The van der Waals surface area contributed by atoms with Gasteiger partial charge in [-0.3, -0.25) is 0 Å². The molecule has 184 valence electrons. The van der Waals surface area contributed by atoms with Crippen molar-refractivity contribution >= 4 is 0 Å². The molecule has 0 amide bonds. The summed E-state index contributed by atoms with van der Waals surface area (Å²) < 4.78 is 69.6. The number of alkyl halides is 5. The van der Waals surface area contributed by atoms with Gasteiger partial charge in [0.05, 0.1) is 6.10 Å². The maximum atomic E-state index is 13.5. The molecule has 1 atom stereocenters. The predicted octanol–water partition coefficient (Wildman–Crippen LogP) is 8.65. The summed E-state index contributed by atoms with van der Waals surface area (Å²) in [6, 6.07) is 0. The van der Waals surface area contributed by atoms with Crippen molar-refractivity contribution in [1.29, 1.82) is 0 Å². The summed E-state index contributed by atoms with van der Waals surface area (Å²) >= 11 is 0. The summed E-state index contributed by atoms with van der Waals surface area (Å²) in [6.07, 6.45) is 14.7. The lowest BCUT2D eigenvalue weighted by Gasteiger charge is -2.38. The molecule has 0 heterocycles. The topological polar surface area (TPSA) is 9.23 Å². The van der Waals surface area contributed by atoms with Crippen LogP contribution in [0.1, 0.15) is 90.4 Å². The zero-order chi connectivity index (χ0) is 23.2. The fourth-order valence-corrected chi connectivity index (χ4v) is 5.92. The first-order valence-electron chi connectivity index (χ1n) is 12.6. The first-order chi connectivity index (χ1) is 15.3. The molecule has 0 N–H and O–H groups in total. The molecule has 3 aliphatic rings. The minimum absolute atomic E-state index is 0.117. The van der Waals surface area contributed by atoms with Gasteiger partial charge in [0.1, 0.15) is 0 Å². The standard InChI is InChI=1S/C26H39F5O/c1-2-3-4-5-19-6-8-20(9-7-19)21-10-12-22(13-11-21)23-14-16-24(17-15-23)32-26(30,31)25(28,29)18-27/h14-16,19-22,24H,2-13,17-18H2,1H3. The average Bonchev–Trinajstić information content (AvgIpc) is 2.80. The van der Waals surface area contributed by atoms with Crippen LogP contribution in [-0.2, 0) is 4.74 Å². The molecule has 1 nitrogen and oxygen atoms in total. The second-order valence-electron chi connectivity index (χ2n) is 10.2. The summed E-state index contributed by atoms with van der Waals surface area (Å²) in [4.78, 5) is 0. The van der Waals surface area contributed by atoms with Crippen LogP contribution in [0.5, 0.6) is 0 Å². The third-order valence-electron chi connectivity index (χ3n) is 8.00. The second kappa shape index (κ2) is 11.5. The van der Waals surface area contributed by atoms with Crippen LogP contribution in [0, 0.1) is 23.7 Å². The fraction of sp³-hybridized carbons (Fsp3) is 0.846. The quantitative estimate of drug-likeness (QED) is 0.233. The molecule has 2 fully saturated rings. The van der Waals surface area contributed by atoms with E-state index in [2.05, 4.69) is 11.7 Å². The van der Waals surface area contributed by atoms with E-state index in [1.54, 1.807) is 6.08 Å². The zero-order valence-electron chi connectivity index (χ0n) is 19.3. The van der Waals surface area contributed by atoms with Gasteiger partial charge in [-0.1, -0.05) is 63.7 Å². The molecular formula is C26H39F5O. The maximum Gasteiger partial charge on any atom is 0.422 e. The van der Waals surface area contributed by atoms with Crippen molar-refractivity contribution in [3.63, 3.8) is 0 Å². The first kappa shape index (κ1) is 25.7. The number of rotatable bonds is 10. The van der Waals surface area contributed by atoms with E-state index in [-0.39, 0.29) is 6.42 Å². The summed E-state index contributed by atoms with van der Waals surface area (Å²) in [5.74, 6) is -1.82. The van der Waals surface area contributed by atoms with Crippen LogP contribution in [0.3, 0.4) is 0 Å². The molecule has 0 aromatic rings. The van der Waals surface area contributed by atoms with Crippen molar-refractivity contribution in [1.82, 2.24) is 0 Å². The molecule has 0 aromatic carbocycles.